The quantitative estimate of drug-likeness (QED) is 0.118. The van der Waals surface area contributed by atoms with Crippen molar-refractivity contribution in [2.24, 2.45) is 0 Å². The number of hydrogen-bond acceptors (Lipinski definition) is 1. The lowest BCUT2D eigenvalue weighted by Gasteiger charge is -2.38. The number of allylic oxidation sites excluding steroid dienone is 3. The van der Waals surface area contributed by atoms with E-state index in [1.165, 1.54) is 100 Å². The predicted molar refractivity (Wildman–Crippen MR) is 342 cm³/mol. The van der Waals surface area contributed by atoms with Crippen LogP contribution in [0.2, 0.25) is 0 Å². The predicted octanol–water partition coefficient (Wildman–Crippen LogP) is 19.8. The molecule has 0 saturated carbocycles. The lowest BCUT2D eigenvalue weighted by atomic mass is 9.65. The summed E-state index contributed by atoms with van der Waals surface area (Å²) < 4.78 is 0. The molecule has 3 aliphatic carbocycles. The van der Waals surface area contributed by atoms with Gasteiger partial charge in [-0.15, -0.1) is 0 Å². The minimum Gasteiger partial charge on any atom is -0.310 e. The van der Waals surface area contributed by atoms with E-state index in [1.54, 1.807) is 0 Å². The summed E-state index contributed by atoms with van der Waals surface area (Å²) in [6, 6.07) is 122. The van der Waals surface area contributed by atoms with Crippen LogP contribution < -0.4 is 4.90 Å². The Labute approximate surface area is 481 Å². The van der Waals surface area contributed by atoms with Crippen LogP contribution in [0.25, 0.3) is 34.9 Å². The smallest absolute Gasteiger partial charge is 0.0714 e. The molecule has 0 spiro atoms. The van der Waals surface area contributed by atoms with Crippen LogP contribution in [-0.4, -0.2) is 0 Å². The maximum Gasteiger partial charge on any atom is 0.0714 e. The molecule has 1 heteroatoms. The van der Waals surface area contributed by atoms with Crippen LogP contribution in [0.3, 0.4) is 0 Å². The van der Waals surface area contributed by atoms with E-state index in [0.29, 0.717) is 0 Å². The molecule has 1 nitrogen and oxygen atoms in total. The molecule has 15 rings (SSSR count). The van der Waals surface area contributed by atoms with Crippen LogP contribution >= 0.6 is 0 Å². The molecule has 0 amide bonds. The molecule has 0 radical (unpaired) electrons. The third kappa shape index (κ3) is 7.54. The van der Waals surface area contributed by atoms with E-state index in [1.807, 2.05) is 0 Å². The molecule has 0 unspecified atom stereocenters. The van der Waals surface area contributed by atoms with Crippen LogP contribution in [-0.2, 0) is 16.2 Å². The lowest BCUT2D eigenvalue weighted by molar-refractivity contribution is 0.811. The average molecular weight is 1040 g/mol. The van der Waals surface area contributed by atoms with Crippen molar-refractivity contribution >= 4 is 52.0 Å². The molecule has 0 bridgehead atoms. The average Bonchev–Trinajstić information content (AvgIpc) is 3.97. The summed E-state index contributed by atoms with van der Waals surface area (Å²) in [6.07, 6.45) is 7.33. The van der Waals surface area contributed by atoms with E-state index < -0.39 is 16.2 Å². The highest BCUT2D eigenvalue weighted by molar-refractivity contribution is 6.04. The number of hydrogen-bond donors (Lipinski definition) is 0. The van der Waals surface area contributed by atoms with Crippen molar-refractivity contribution in [3.05, 3.63) is 411 Å². The van der Waals surface area contributed by atoms with Gasteiger partial charge in [0.25, 0.3) is 0 Å². The Hall–Kier alpha value is -10.3. The van der Waals surface area contributed by atoms with E-state index in [4.69, 9.17) is 0 Å². The highest BCUT2D eigenvalue weighted by Gasteiger charge is 2.49. The summed E-state index contributed by atoms with van der Waals surface area (Å²) in [6.45, 7) is 0. The Kier molecular flexibility index (Phi) is 11.9. The van der Waals surface area contributed by atoms with E-state index in [9.17, 15) is 0 Å². The second kappa shape index (κ2) is 20.1. The minimum atomic E-state index is -0.648. The van der Waals surface area contributed by atoms with Gasteiger partial charge in [-0.05, 0) is 155 Å². The van der Waals surface area contributed by atoms with E-state index in [2.05, 4.69) is 351 Å². The Balaban J connectivity index is 1.02. The summed E-state index contributed by atoms with van der Waals surface area (Å²) in [5, 5.41) is 0. The molecule has 0 aromatic heterocycles. The fourth-order valence-electron chi connectivity index (χ4n) is 14.3. The van der Waals surface area contributed by atoms with Crippen molar-refractivity contribution in [1.82, 2.24) is 0 Å². The first kappa shape index (κ1) is 48.8. The molecule has 3 aliphatic rings. The van der Waals surface area contributed by atoms with Crippen molar-refractivity contribution in [3.63, 3.8) is 0 Å². The number of rotatable bonds is 12. The van der Waals surface area contributed by atoms with Gasteiger partial charge >= 0.3 is 0 Å². The first-order chi connectivity index (χ1) is 40.7. The minimum absolute atomic E-state index is 0.648. The van der Waals surface area contributed by atoms with Crippen LogP contribution in [0, 0.1) is 0 Å². The van der Waals surface area contributed by atoms with E-state index >= 15 is 0 Å². The van der Waals surface area contributed by atoms with Gasteiger partial charge in [-0.25, -0.2) is 0 Å². The van der Waals surface area contributed by atoms with Gasteiger partial charge in [0.05, 0.1) is 16.2 Å². The van der Waals surface area contributed by atoms with Gasteiger partial charge in [-0.1, -0.05) is 291 Å². The van der Waals surface area contributed by atoms with Crippen molar-refractivity contribution in [2.45, 2.75) is 16.2 Å². The zero-order chi connectivity index (χ0) is 54.5. The molecule has 0 aliphatic heterocycles. The van der Waals surface area contributed by atoms with Crippen LogP contribution in [0.4, 0.5) is 17.1 Å². The van der Waals surface area contributed by atoms with Gasteiger partial charge in [-0.3, -0.25) is 0 Å². The van der Waals surface area contributed by atoms with Gasteiger partial charge in [0.15, 0.2) is 0 Å². The van der Waals surface area contributed by atoms with Gasteiger partial charge in [0, 0.05) is 17.1 Å². The molecule has 82 heavy (non-hydrogen) atoms. The Bertz CT molecular complexity index is 3800. The fourth-order valence-corrected chi connectivity index (χ4v) is 14.3. The molecule has 12 aromatic carbocycles. The molecule has 0 atom stereocenters. The Morgan fingerprint density at radius 2 is 0.390 bits per heavy atom. The molecular weight excluding hydrogens is 987 g/mol. The summed E-state index contributed by atoms with van der Waals surface area (Å²) in [4.78, 5) is 2.55. The van der Waals surface area contributed by atoms with Gasteiger partial charge in [0.1, 0.15) is 0 Å². The van der Waals surface area contributed by atoms with Crippen molar-refractivity contribution in [2.75, 3.05) is 4.90 Å². The zero-order valence-electron chi connectivity index (χ0n) is 45.4. The van der Waals surface area contributed by atoms with Gasteiger partial charge in [0.2, 0.25) is 0 Å². The first-order valence-electron chi connectivity index (χ1n) is 28.6. The second-order valence-corrected chi connectivity index (χ2v) is 21.9. The Morgan fingerprint density at radius 3 is 0.598 bits per heavy atom. The maximum absolute atomic E-state index is 2.55. The normalized spacial score (nSPS) is 14.9. The fraction of sp³-hybridized carbons (Fsp3) is 0.0370. The summed E-state index contributed by atoms with van der Waals surface area (Å²) in [5.41, 5.74) is 23.2. The van der Waals surface area contributed by atoms with Crippen molar-refractivity contribution in [1.29, 1.82) is 0 Å². The molecule has 386 valence electrons. The second-order valence-electron chi connectivity index (χ2n) is 21.9. The molecule has 12 aromatic rings. The molecule has 0 fully saturated rings. The number of fused-ring (bicyclic) bond motifs is 3. The zero-order valence-corrected chi connectivity index (χ0v) is 45.4. The molecular formula is C81H57N. The Morgan fingerprint density at radius 1 is 0.195 bits per heavy atom. The third-order valence-electron chi connectivity index (χ3n) is 17.7. The van der Waals surface area contributed by atoms with Crippen molar-refractivity contribution in [3.8, 4) is 0 Å². The molecule has 0 saturated heterocycles. The van der Waals surface area contributed by atoms with Crippen LogP contribution in [0.15, 0.2) is 328 Å². The standard InChI is InChI=1S/C81H57N/c1-10-28-58(29-11-1)73-52-61-46-49-70(55-76(61)79(73,64-34-16-4-17-35-64)65-36-18-5-19-37-65)82(71-50-47-62-53-74(59-30-12-2-13-31-59)80(77(62)56-71,66-38-20-6-21-39-66)67-40-22-7-23-41-67)72-51-48-63-54-75(60-32-14-3-15-33-60)81(78(63)57-72,68-42-24-8-25-43-68)69-44-26-9-27-45-69/h1-57H. The van der Waals surface area contributed by atoms with E-state index in [-0.39, 0.29) is 0 Å². The monoisotopic (exact) mass is 1040 g/mol. The van der Waals surface area contributed by atoms with Crippen LogP contribution in [0.5, 0.6) is 0 Å². The number of anilines is 3. The maximum atomic E-state index is 2.55. The van der Waals surface area contributed by atoms with E-state index in [0.717, 1.165) is 17.1 Å². The number of benzene rings is 12. The van der Waals surface area contributed by atoms with Gasteiger partial charge < -0.3 is 4.90 Å². The topological polar surface area (TPSA) is 3.24 Å². The molecule has 0 N–H and O–H groups in total. The summed E-state index contributed by atoms with van der Waals surface area (Å²) in [5.74, 6) is 0. The SMILES string of the molecule is C1=C(c2ccccc2)C(c2ccccc2)(c2ccccc2)c2cc(N(c3ccc4c(c3)C(c3ccccc3)(c3ccccc3)C(c3ccccc3)=C4)c3ccc4c(c3)C(c3ccccc3)(c3ccccc3)C(c3ccccc3)=C4)ccc21. The van der Waals surface area contributed by atoms with Gasteiger partial charge in [-0.2, -0.15) is 0 Å². The largest absolute Gasteiger partial charge is 0.310 e. The summed E-state index contributed by atoms with van der Waals surface area (Å²) in [7, 11) is 0. The third-order valence-corrected chi connectivity index (χ3v) is 17.7. The van der Waals surface area contributed by atoms with Crippen molar-refractivity contribution < 1.29 is 0 Å². The number of nitrogens with zero attached hydrogens (tertiary/aromatic N) is 1. The van der Waals surface area contributed by atoms with Crippen LogP contribution in [0.1, 0.15) is 83.5 Å². The lowest BCUT2D eigenvalue weighted by Crippen LogP contribution is -2.30. The first-order valence-corrected chi connectivity index (χ1v) is 28.6. The highest BCUT2D eigenvalue weighted by Crippen LogP contribution is 2.60. The summed E-state index contributed by atoms with van der Waals surface area (Å²) >= 11 is 0. The highest BCUT2D eigenvalue weighted by atomic mass is 15.1. The molecule has 0 heterocycles.